The lowest BCUT2D eigenvalue weighted by Crippen LogP contribution is -1.92. The van der Waals surface area contributed by atoms with Crippen LogP contribution in [0.2, 0.25) is 0 Å². The molecule has 66 valence electrons. The van der Waals surface area contributed by atoms with Crippen LogP contribution in [-0.2, 0) is 0 Å². The van der Waals surface area contributed by atoms with Gasteiger partial charge < -0.3 is 9.08 Å². The highest BCUT2D eigenvalue weighted by Crippen LogP contribution is 2.32. The molecule has 0 aromatic heterocycles. The summed E-state index contributed by atoms with van der Waals surface area (Å²) in [4.78, 5) is 0. The Morgan fingerprint density at radius 2 is 2.08 bits per heavy atom. The lowest BCUT2D eigenvalue weighted by molar-refractivity contribution is 0.416. The van der Waals surface area contributed by atoms with E-state index in [4.69, 9.17) is 4.74 Å². The smallest absolute Gasteiger partial charge is 0.144 e. The summed E-state index contributed by atoms with van der Waals surface area (Å²) >= 11 is 6.57. The van der Waals surface area contributed by atoms with Crippen molar-refractivity contribution in [2.24, 2.45) is 0 Å². The molecule has 0 unspecified atom stereocenters. The van der Waals surface area contributed by atoms with Gasteiger partial charge in [-0.3, -0.25) is 0 Å². The summed E-state index contributed by atoms with van der Waals surface area (Å²) in [5.41, 5.74) is 2.08. The molecule has 0 heterocycles. The zero-order valence-corrected chi connectivity index (χ0v) is 9.99. The maximum absolute atomic E-state index is 5.18. The Morgan fingerprint density at radius 3 is 2.58 bits per heavy atom. The molecule has 0 aliphatic rings. The van der Waals surface area contributed by atoms with E-state index < -0.39 is 0 Å². The van der Waals surface area contributed by atoms with Crippen molar-refractivity contribution in [3.05, 3.63) is 22.2 Å². The predicted octanol–water partition coefficient (Wildman–Crippen LogP) is 3.49. The molecular weight excluding hydrogens is 286 g/mol. The van der Waals surface area contributed by atoms with Crippen LogP contribution in [0.3, 0.4) is 0 Å². The van der Waals surface area contributed by atoms with Gasteiger partial charge in [-0.2, -0.15) is 0 Å². The van der Waals surface area contributed by atoms with Crippen LogP contribution < -0.4 is 9.08 Å². The second kappa shape index (κ2) is 4.14. The molecular formula is C8H9Br2NO. The van der Waals surface area contributed by atoms with Crippen LogP contribution in [0, 0.1) is 6.92 Å². The van der Waals surface area contributed by atoms with Crippen LogP contribution in [0.5, 0.6) is 5.75 Å². The number of methoxy groups -OCH3 is 1. The molecule has 12 heavy (non-hydrogen) atoms. The topological polar surface area (TPSA) is 21.3 Å². The molecule has 0 aliphatic heterocycles. The quantitative estimate of drug-likeness (QED) is 0.843. The Morgan fingerprint density at radius 1 is 1.42 bits per heavy atom. The molecule has 1 aromatic carbocycles. The average Bonchev–Trinajstić information content (AvgIpc) is 2.03. The number of aryl methyl sites for hydroxylation is 1. The number of halogens is 2. The van der Waals surface area contributed by atoms with Crippen molar-refractivity contribution >= 4 is 37.8 Å². The van der Waals surface area contributed by atoms with Crippen LogP contribution in [0.15, 0.2) is 16.6 Å². The molecule has 0 fully saturated rings. The number of benzene rings is 1. The van der Waals surface area contributed by atoms with Crippen molar-refractivity contribution in [1.29, 1.82) is 0 Å². The van der Waals surface area contributed by atoms with Crippen LogP contribution in [0.1, 0.15) is 5.56 Å². The van der Waals surface area contributed by atoms with E-state index in [1.54, 1.807) is 7.11 Å². The fourth-order valence-electron chi connectivity index (χ4n) is 0.994. The van der Waals surface area contributed by atoms with Gasteiger partial charge in [-0.05, 0) is 24.6 Å². The zero-order valence-electron chi connectivity index (χ0n) is 6.82. The highest BCUT2D eigenvalue weighted by Gasteiger charge is 2.05. The van der Waals surface area contributed by atoms with Crippen molar-refractivity contribution in [2.45, 2.75) is 6.92 Å². The molecule has 1 N–H and O–H groups in total. The van der Waals surface area contributed by atoms with Crippen molar-refractivity contribution in [3.63, 3.8) is 0 Å². The second-order valence-corrected chi connectivity index (χ2v) is 3.71. The van der Waals surface area contributed by atoms with Crippen molar-refractivity contribution in [2.75, 3.05) is 11.5 Å². The van der Waals surface area contributed by atoms with Gasteiger partial charge in [0.15, 0.2) is 0 Å². The van der Waals surface area contributed by atoms with Crippen LogP contribution in [-0.4, -0.2) is 7.11 Å². The maximum Gasteiger partial charge on any atom is 0.144 e. The van der Waals surface area contributed by atoms with Gasteiger partial charge in [0.1, 0.15) is 5.75 Å². The molecule has 0 radical (unpaired) electrons. The lowest BCUT2D eigenvalue weighted by Gasteiger charge is -2.10. The minimum atomic E-state index is 0.818. The Labute approximate surface area is 88.8 Å². The van der Waals surface area contributed by atoms with E-state index >= 15 is 0 Å². The van der Waals surface area contributed by atoms with E-state index in [9.17, 15) is 0 Å². The third-order valence-electron chi connectivity index (χ3n) is 1.58. The molecule has 0 amide bonds. The number of nitrogens with one attached hydrogen (secondary N) is 1. The SMILES string of the molecule is COc1cc(Br)cc(C)c1NBr. The number of rotatable bonds is 2. The van der Waals surface area contributed by atoms with Crippen molar-refractivity contribution < 1.29 is 4.74 Å². The molecule has 1 rings (SSSR count). The van der Waals surface area contributed by atoms with E-state index in [-0.39, 0.29) is 0 Å². The van der Waals surface area contributed by atoms with Gasteiger partial charge >= 0.3 is 0 Å². The molecule has 0 saturated heterocycles. The van der Waals surface area contributed by atoms with Gasteiger partial charge in [0, 0.05) is 20.6 Å². The number of ether oxygens (including phenoxy) is 1. The molecule has 2 nitrogen and oxygen atoms in total. The summed E-state index contributed by atoms with van der Waals surface area (Å²) in [6.07, 6.45) is 0. The Hall–Kier alpha value is -0.220. The minimum absolute atomic E-state index is 0.818. The molecule has 0 saturated carbocycles. The van der Waals surface area contributed by atoms with Gasteiger partial charge in [0.05, 0.1) is 12.8 Å². The van der Waals surface area contributed by atoms with Gasteiger partial charge in [0.2, 0.25) is 0 Å². The van der Waals surface area contributed by atoms with Gasteiger partial charge in [-0.25, -0.2) is 0 Å². The first-order valence-corrected chi connectivity index (χ1v) is 4.98. The normalized spacial score (nSPS) is 9.67. The molecule has 0 spiro atoms. The summed E-state index contributed by atoms with van der Waals surface area (Å²) in [5.74, 6) is 0.818. The Bertz CT molecular complexity index is 289. The summed E-state index contributed by atoms with van der Waals surface area (Å²) in [5, 5.41) is 0. The first-order valence-electron chi connectivity index (χ1n) is 3.40. The predicted molar refractivity (Wildman–Crippen MR) is 58.0 cm³/mol. The van der Waals surface area contributed by atoms with Gasteiger partial charge in [-0.15, -0.1) is 0 Å². The molecule has 0 aliphatic carbocycles. The van der Waals surface area contributed by atoms with Crippen LogP contribution >= 0.6 is 32.1 Å². The average molecular weight is 295 g/mol. The molecule has 1 aromatic rings. The Balaban J connectivity index is 3.24. The summed E-state index contributed by atoms with van der Waals surface area (Å²) in [7, 11) is 1.65. The third kappa shape index (κ3) is 1.93. The number of hydrogen-bond acceptors (Lipinski definition) is 2. The van der Waals surface area contributed by atoms with Crippen molar-refractivity contribution in [1.82, 2.24) is 0 Å². The van der Waals surface area contributed by atoms with E-state index in [0.717, 1.165) is 21.5 Å². The zero-order chi connectivity index (χ0) is 9.14. The minimum Gasteiger partial charge on any atom is -0.495 e. The van der Waals surface area contributed by atoms with E-state index in [0.29, 0.717) is 0 Å². The lowest BCUT2D eigenvalue weighted by atomic mass is 10.2. The highest BCUT2D eigenvalue weighted by atomic mass is 79.9. The monoisotopic (exact) mass is 293 g/mol. The maximum atomic E-state index is 5.18. The second-order valence-electron chi connectivity index (χ2n) is 2.39. The van der Waals surface area contributed by atoms with E-state index in [2.05, 4.69) is 36.4 Å². The third-order valence-corrected chi connectivity index (χ3v) is 2.43. The van der Waals surface area contributed by atoms with Crippen LogP contribution in [0.4, 0.5) is 5.69 Å². The number of anilines is 1. The first-order chi connectivity index (χ1) is 5.69. The highest BCUT2D eigenvalue weighted by molar-refractivity contribution is 9.10. The van der Waals surface area contributed by atoms with E-state index in [1.807, 2.05) is 19.1 Å². The van der Waals surface area contributed by atoms with Crippen LogP contribution in [0.25, 0.3) is 0 Å². The largest absolute Gasteiger partial charge is 0.495 e. The number of hydrogen-bond donors (Lipinski definition) is 1. The Kier molecular flexibility index (Phi) is 3.40. The fourth-order valence-corrected chi connectivity index (χ4v) is 2.05. The standard InChI is InChI=1S/C8H9Br2NO/c1-5-3-6(9)4-7(12-2)8(5)11-10/h3-4,11H,1-2H3. The first kappa shape index (κ1) is 9.86. The van der Waals surface area contributed by atoms with E-state index in [1.165, 1.54) is 0 Å². The summed E-state index contributed by atoms with van der Waals surface area (Å²) in [6, 6.07) is 3.93. The molecule has 0 atom stereocenters. The summed E-state index contributed by atoms with van der Waals surface area (Å²) < 4.78 is 9.10. The molecule has 0 bridgehead atoms. The molecule has 4 heteroatoms. The van der Waals surface area contributed by atoms with Crippen molar-refractivity contribution in [3.8, 4) is 5.75 Å². The van der Waals surface area contributed by atoms with Gasteiger partial charge in [0.25, 0.3) is 0 Å². The summed E-state index contributed by atoms with van der Waals surface area (Å²) in [6.45, 7) is 2.01. The van der Waals surface area contributed by atoms with Gasteiger partial charge in [-0.1, -0.05) is 15.9 Å². The fraction of sp³-hybridized carbons (Fsp3) is 0.250.